The molecular formula is C35H40BrN5O3S. The molecular weight excluding hydrogens is 650 g/mol. The number of nitrogens with one attached hydrogen (secondary N) is 2. The van der Waals surface area contributed by atoms with E-state index in [1.165, 1.54) is 5.56 Å². The summed E-state index contributed by atoms with van der Waals surface area (Å²) in [6, 6.07) is 17.5. The zero-order chi connectivity index (χ0) is 32.1. The molecule has 236 valence electrons. The lowest BCUT2D eigenvalue weighted by atomic mass is 9.94. The van der Waals surface area contributed by atoms with Gasteiger partial charge in [-0.2, -0.15) is 4.98 Å². The van der Waals surface area contributed by atoms with Crippen LogP contribution in [-0.4, -0.2) is 33.0 Å². The van der Waals surface area contributed by atoms with Crippen LogP contribution in [0.3, 0.4) is 0 Å². The Balaban J connectivity index is 1.56. The van der Waals surface area contributed by atoms with Crippen molar-refractivity contribution in [1.82, 2.24) is 14.8 Å². The molecule has 1 aliphatic heterocycles. The number of halogens is 1. The van der Waals surface area contributed by atoms with E-state index in [0.717, 1.165) is 51.0 Å². The number of aromatic nitrogens is 3. The van der Waals surface area contributed by atoms with Crippen molar-refractivity contribution in [2.45, 2.75) is 72.2 Å². The van der Waals surface area contributed by atoms with Crippen molar-refractivity contribution >= 4 is 45.2 Å². The van der Waals surface area contributed by atoms with E-state index < -0.39 is 6.04 Å². The minimum atomic E-state index is -0.568. The molecule has 45 heavy (non-hydrogen) atoms. The van der Waals surface area contributed by atoms with Gasteiger partial charge in [-0.25, -0.2) is 4.68 Å². The molecule has 0 fully saturated rings. The first-order chi connectivity index (χ1) is 21.7. The number of fused-ring (bicyclic) bond motifs is 1. The second-order valence-corrected chi connectivity index (χ2v) is 13.1. The molecule has 1 atom stereocenters. The summed E-state index contributed by atoms with van der Waals surface area (Å²) < 4.78 is 15.0. The smallest absolute Gasteiger partial charge is 0.255 e. The van der Waals surface area contributed by atoms with E-state index in [1.807, 2.05) is 62.7 Å². The van der Waals surface area contributed by atoms with Crippen molar-refractivity contribution in [3.63, 3.8) is 0 Å². The summed E-state index contributed by atoms with van der Waals surface area (Å²) in [6.45, 7) is 13.0. The number of carbonyl (C=O) groups excluding carboxylic acids is 1. The molecule has 4 aromatic rings. The fraction of sp³-hybridized carbons (Fsp3) is 0.343. The number of benzene rings is 3. The Morgan fingerprint density at radius 3 is 2.58 bits per heavy atom. The molecule has 0 aliphatic carbocycles. The van der Waals surface area contributed by atoms with Gasteiger partial charge in [-0.3, -0.25) is 4.79 Å². The van der Waals surface area contributed by atoms with Crippen molar-refractivity contribution in [3.05, 3.63) is 98.2 Å². The van der Waals surface area contributed by atoms with E-state index in [-0.39, 0.29) is 5.91 Å². The van der Waals surface area contributed by atoms with Crippen LogP contribution in [0.1, 0.15) is 67.5 Å². The molecule has 5 rings (SSSR count). The van der Waals surface area contributed by atoms with E-state index in [4.69, 9.17) is 19.6 Å². The molecule has 1 aromatic heterocycles. The fourth-order valence-corrected chi connectivity index (χ4v) is 6.65. The zero-order valence-corrected chi connectivity index (χ0v) is 29.1. The Kier molecular flexibility index (Phi) is 10.6. The van der Waals surface area contributed by atoms with Gasteiger partial charge in [0.05, 0.1) is 16.7 Å². The summed E-state index contributed by atoms with van der Waals surface area (Å²) in [5.41, 5.74) is 7.23. The standard InChI is InChI=1S/C35H40BrN5O3S/c1-7-9-17-45-35-39-34-37-24(6)30(33(42)38-28-12-10-11-22(4)23(28)5)31(41(34)40-35)26-18-27(36)32(29(19-26)43-8-2)44-20-25-15-13-21(3)14-16-25/h10-16,18-19,31H,7-9,17,20H2,1-6H3,(H,38,42)(H,37,39,40). The van der Waals surface area contributed by atoms with Gasteiger partial charge in [0.25, 0.3) is 5.91 Å². The highest BCUT2D eigenvalue weighted by Gasteiger charge is 2.35. The maximum Gasteiger partial charge on any atom is 0.255 e. The monoisotopic (exact) mass is 689 g/mol. The summed E-state index contributed by atoms with van der Waals surface area (Å²) in [5.74, 6) is 2.48. The third-order valence-corrected chi connectivity index (χ3v) is 9.32. The van der Waals surface area contributed by atoms with E-state index in [0.29, 0.717) is 47.1 Å². The van der Waals surface area contributed by atoms with E-state index in [9.17, 15) is 4.79 Å². The molecule has 3 aromatic carbocycles. The van der Waals surface area contributed by atoms with E-state index in [1.54, 1.807) is 11.8 Å². The second-order valence-electron chi connectivity index (χ2n) is 11.2. The van der Waals surface area contributed by atoms with Gasteiger partial charge in [0.2, 0.25) is 11.1 Å². The average Bonchev–Trinajstić information content (AvgIpc) is 3.41. The van der Waals surface area contributed by atoms with Gasteiger partial charge in [0.15, 0.2) is 11.5 Å². The lowest BCUT2D eigenvalue weighted by Crippen LogP contribution is -2.31. The van der Waals surface area contributed by atoms with E-state index in [2.05, 4.69) is 64.7 Å². The number of anilines is 2. The van der Waals surface area contributed by atoms with Gasteiger partial charge in [-0.05, 0) is 97.4 Å². The molecule has 10 heteroatoms. The normalized spacial score (nSPS) is 14.2. The lowest BCUT2D eigenvalue weighted by molar-refractivity contribution is -0.113. The highest BCUT2D eigenvalue weighted by atomic mass is 79.9. The van der Waals surface area contributed by atoms with Gasteiger partial charge < -0.3 is 20.1 Å². The number of carbonyl (C=O) groups is 1. The number of ether oxygens (including phenoxy) is 2. The summed E-state index contributed by atoms with van der Waals surface area (Å²) in [6.07, 6.45) is 2.16. The predicted octanol–water partition coefficient (Wildman–Crippen LogP) is 8.76. The van der Waals surface area contributed by atoms with Crippen LogP contribution in [-0.2, 0) is 11.4 Å². The number of aryl methyl sites for hydroxylation is 2. The summed E-state index contributed by atoms with van der Waals surface area (Å²) in [7, 11) is 0. The van der Waals surface area contributed by atoms with Crippen LogP contribution in [0, 0.1) is 20.8 Å². The highest BCUT2D eigenvalue weighted by molar-refractivity contribution is 9.10. The first-order valence-corrected chi connectivity index (χ1v) is 17.1. The molecule has 0 spiro atoms. The Hall–Kier alpha value is -3.76. The largest absolute Gasteiger partial charge is 0.490 e. The van der Waals surface area contributed by atoms with E-state index >= 15 is 0 Å². The molecule has 0 saturated heterocycles. The molecule has 0 bridgehead atoms. The first kappa shape index (κ1) is 32.6. The number of thioether (sulfide) groups is 1. The maximum atomic E-state index is 14.2. The van der Waals surface area contributed by atoms with Crippen LogP contribution >= 0.6 is 27.7 Å². The Morgan fingerprint density at radius 2 is 1.84 bits per heavy atom. The van der Waals surface area contributed by atoms with Crippen molar-refractivity contribution < 1.29 is 14.3 Å². The third-order valence-electron chi connectivity index (χ3n) is 7.81. The Labute approximate surface area is 278 Å². The minimum Gasteiger partial charge on any atom is -0.490 e. The molecule has 1 aliphatic rings. The van der Waals surface area contributed by atoms with Gasteiger partial charge in [0.1, 0.15) is 12.6 Å². The number of hydrogen-bond donors (Lipinski definition) is 2. The highest BCUT2D eigenvalue weighted by Crippen LogP contribution is 2.44. The summed E-state index contributed by atoms with van der Waals surface area (Å²) >= 11 is 5.38. The number of allylic oxidation sites excluding steroid dienone is 1. The number of hydrogen-bond acceptors (Lipinski definition) is 7. The van der Waals surface area contributed by atoms with Crippen LogP contribution in [0.15, 0.2) is 75.5 Å². The van der Waals surface area contributed by atoms with Crippen molar-refractivity contribution in [1.29, 1.82) is 0 Å². The number of amides is 1. The van der Waals surface area contributed by atoms with Crippen molar-refractivity contribution in [3.8, 4) is 11.5 Å². The molecule has 8 nitrogen and oxygen atoms in total. The SMILES string of the molecule is CCCCSc1nc2n(n1)C(c1cc(Br)c(OCc3ccc(C)cc3)c(OCC)c1)C(C(=O)Nc1cccc(C)c1C)=C(C)N2. The van der Waals surface area contributed by atoms with Crippen LogP contribution < -0.4 is 20.1 Å². The van der Waals surface area contributed by atoms with Gasteiger partial charge in [0, 0.05) is 17.1 Å². The van der Waals surface area contributed by atoms with Crippen LogP contribution in [0.5, 0.6) is 11.5 Å². The summed E-state index contributed by atoms with van der Waals surface area (Å²) in [5, 5.41) is 12.1. The Morgan fingerprint density at radius 1 is 1.07 bits per heavy atom. The number of nitrogens with zero attached hydrogens (tertiary/aromatic N) is 3. The van der Waals surface area contributed by atoms with Crippen LogP contribution in [0.25, 0.3) is 0 Å². The quantitative estimate of drug-likeness (QED) is 0.114. The minimum absolute atomic E-state index is 0.214. The Bertz CT molecular complexity index is 1720. The second kappa shape index (κ2) is 14.6. The lowest BCUT2D eigenvalue weighted by Gasteiger charge is -2.29. The maximum absolute atomic E-state index is 14.2. The zero-order valence-electron chi connectivity index (χ0n) is 26.7. The van der Waals surface area contributed by atoms with Crippen molar-refractivity contribution in [2.75, 3.05) is 23.0 Å². The summed E-state index contributed by atoms with van der Waals surface area (Å²) in [4.78, 5) is 18.9. The number of unbranched alkanes of at least 4 members (excludes halogenated alkanes) is 1. The van der Waals surface area contributed by atoms with Crippen LogP contribution in [0.4, 0.5) is 11.6 Å². The van der Waals surface area contributed by atoms with Gasteiger partial charge in [-0.1, -0.05) is 67.1 Å². The van der Waals surface area contributed by atoms with Gasteiger partial charge >= 0.3 is 0 Å². The molecule has 0 radical (unpaired) electrons. The molecule has 1 amide bonds. The van der Waals surface area contributed by atoms with Crippen molar-refractivity contribution in [2.24, 2.45) is 0 Å². The molecule has 2 N–H and O–H groups in total. The molecule has 1 unspecified atom stereocenters. The fourth-order valence-electron chi connectivity index (χ4n) is 5.17. The van der Waals surface area contributed by atoms with Gasteiger partial charge in [-0.15, -0.1) is 5.10 Å². The first-order valence-electron chi connectivity index (χ1n) is 15.3. The molecule has 2 heterocycles. The molecule has 0 saturated carbocycles. The number of rotatable bonds is 12. The van der Waals surface area contributed by atoms with Crippen LogP contribution in [0.2, 0.25) is 0 Å². The predicted molar refractivity (Wildman–Crippen MR) is 185 cm³/mol. The average molecular weight is 691 g/mol. The topological polar surface area (TPSA) is 90.3 Å². The third kappa shape index (κ3) is 7.39.